The van der Waals surface area contributed by atoms with E-state index in [1.165, 1.54) is 5.69 Å². The maximum Gasteiger partial charge on any atom is 0.138 e. The van der Waals surface area contributed by atoms with Crippen LogP contribution >= 0.6 is 0 Å². The Balaban J connectivity index is 1.37. The molecule has 0 bridgehead atoms. The Morgan fingerprint density at radius 3 is 2.81 bits per heavy atom. The Morgan fingerprint density at radius 2 is 1.94 bits per heavy atom. The third-order valence-electron chi connectivity index (χ3n) is 6.43. The molecule has 0 spiro atoms. The van der Waals surface area contributed by atoms with Gasteiger partial charge in [0.1, 0.15) is 17.4 Å². The van der Waals surface area contributed by atoms with Gasteiger partial charge in [0.05, 0.1) is 29.6 Å². The van der Waals surface area contributed by atoms with Crippen molar-refractivity contribution in [1.82, 2.24) is 19.8 Å². The zero-order valence-electron chi connectivity index (χ0n) is 18.0. The van der Waals surface area contributed by atoms with E-state index in [9.17, 15) is 5.11 Å². The van der Waals surface area contributed by atoms with Crippen LogP contribution < -0.4 is 4.90 Å². The van der Waals surface area contributed by atoms with Crippen LogP contribution in [0.3, 0.4) is 0 Å². The van der Waals surface area contributed by atoms with E-state index < -0.39 is 0 Å². The average Bonchev–Trinajstić information content (AvgIpc) is 3.48. The molecule has 8 heteroatoms. The second-order valence-corrected chi connectivity index (χ2v) is 8.48. The normalized spacial score (nSPS) is 19.1. The second kappa shape index (κ2) is 7.49. The molecule has 0 saturated carbocycles. The molecule has 3 aliphatic heterocycles. The van der Waals surface area contributed by atoms with E-state index in [-0.39, 0.29) is 5.76 Å². The number of benzene rings is 2. The first-order valence-electron chi connectivity index (χ1n) is 11.0. The van der Waals surface area contributed by atoms with Crippen molar-refractivity contribution in [2.75, 3.05) is 51.2 Å². The molecule has 8 nitrogen and oxygen atoms in total. The molecule has 2 aromatic carbocycles. The molecule has 0 amide bonds. The first kappa shape index (κ1) is 19.1. The molecule has 1 fully saturated rings. The molecule has 1 aromatic heterocycles. The number of hydrogen-bond donors (Lipinski definition) is 2. The van der Waals surface area contributed by atoms with Crippen molar-refractivity contribution in [2.45, 2.75) is 0 Å². The summed E-state index contributed by atoms with van der Waals surface area (Å²) in [7, 11) is 2.16. The lowest BCUT2D eigenvalue weighted by Crippen LogP contribution is -2.44. The first-order chi connectivity index (χ1) is 15.7. The van der Waals surface area contributed by atoms with Crippen LogP contribution in [0.15, 0.2) is 58.8 Å². The number of H-pyrrole nitrogens is 1. The van der Waals surface area contributed by atoms with Gasteiger partial charge in [0.25, 0.3) is 0 Å². The second-order valence-electron chi connectivity index (χ2n) is 8.48. The van der Waals surface area contributed by atoms with Crippen molar-refractivity contribution in [3.05, 3.63) is 59.9 Å². The summed E-state index contributed by atoms with van der Waals surface area (Å²) < 4.78 is 0. The van der Waals surface area contributed by atoms with Crippen LogP contribution in [-0.2, 0) is 0 Å². The van der Waals surface area contributed by atoms with Gasteiger partial charge < -0.3 is 24.8 Å². The number of aromatic amines is 1. The third kappa shape index (κ3) is 3.23. The van der Waals surface area contributed by atoms with Gasteiger partial charge in [0.2, 0.25) is 0 Å². The maximum absolute atomic E-state index is 10.9. The number of piperazine rings is 1. The monoisotopic (exact) mass is 427 g/mol. The SMILES string of the molecule is CN1CCN(c2ccc3c(c2)N=C(C=C(O)c2ccc4[nH]cnc4c2)N2CCN=C32)CC1. The topological polar surface area (TPSA) is 83.3 Å². The van der Waals surface area contributed by atoms with Crippen LogP contribution in [0, 0.1) is 0 Å². The molecule has 0 aliphatic carbocycles. The summed E-state index contributed by atoms with van der Waals surface area (Å²) in [5, 5.41) is 10.9. The molecular formula is C24H25N7O. The number of amidine groups is 2. The number of aliphatic imine (C=N–C) groups is 2. The Morgan fingerprint density at radius 1 is 1.06 bits per heavy atom. The van der Waals surface area contributed by atoms with Crippen LogP contribution in [0.4, 0.5) is 11.4 Å². The molecule has 3 aliphatic rings. The summed E-state index contributed by atoms with van der Waals surface area (Å²) in [5.41, 5.74) is 5.61. The molecule has 4 heterocycles. The number of rotatable bonds is 3. The smallest absolute Gasteiger partial charge is 0.138 e. The number of likely N-dealkylation sites (N-methyl/N-ethyl adjacent to an activating group) is 1. The highest BCUT2D eigenvalue weighted by Crippen LogP contribution is 2.33. The first-order valence-corrected chi connectivity index (χ1v) is 11.0. The fourth-order valence-electron chi connectivity index (χ4n) is 4.55. The number of aromatic nitrogens is 2. The number of nitrogens with one attached hydrogen (secondary N) is 1. The number of imidazole rings is 1. The lowest BCUT2D eigenvalue weighted by atomic mass is 10.1. The Kier molecular flexibility index (Phi) is 4.46. The molecule has 3 aromatic rings. The fraction of sp³-hybridized carbons (Fsp3) is 0.292. The van der Waals surface area contributed by atoms with Gasteiger partial charge in [-0.05, 0) is 43.4 Å². The Bertz CT molecular complexity index is 1280. The van der Waals surface area contributed by atoms with Crippen LogP contribution in [0.1, 0.15) is 11.1 Å². The molecule has 32 heavy (non-hydrogen) atoms. The predicted molar refractivity (Wildman–Crippen MR) is 128 cm³/mol. The van der Waals surface area contributed by atoms with Crippen molar-refractivity contribution < 1.29 is 5.11 Å². The summed E-state index contributed by atoms with van der Waals surface area (Å²) >= 11 is 0. The van der Waals surface area contributed by atoms with E-state index in [0.29, 0.717) is 11.4 Å². The van der Waals surface area contributed by atoms with Crippen molar-refractivity contribution in [3.8, 4) is 0 Å². The lowest BCUT2D eigenvalue weighted by Gasteiger charge is -2.34. The van der Waals surface area contributed by atoms with Gasteiger partial charge in [-0.3, -0.25) is 4.99 Å². The quantitative estimate of drug-likeness (QED) is 0.628. The average molecular weight is 428 g/mol. The highest BCUT2D eigenvalue weighted by molar-refractivity contribution is 6.20. The number of aliphatic hydroxyl groups excluding tert-OH is 1. The Labute approximate surface area is 186 Å². The van der Waals surface area contributed by atoms with E-state index >= 15 is 0 Å². The highest BCUT2D eigenvalue weighted by Gasteiger charge is 2.29. The van der Waals surface area contributed by atoms with Gasteiger partial charge in [0.15, 0.2) is 0 Å². The number of anilines is 1. The van der Waals surface area contributed by atoms with E-state index in [1.54, 1.807) is 12.4 Å². The molecule has 0 radical (unpaired) electrons. The van der Waals surface area contributed by atoms with Crippen LogP contribution in [-0.4, -0.2) is 82.9 Å². The van der Waals surface area contributed by atoms with Crippen LogP contribution in [0.2, 0.25) is 0 Å². The molecule has 0 atom stereocenters. The van der Waals surface area contributed by atoms with Crippen LogP contribution in [0.25, 0.3) is 16.8 Å². The van der Waals surface area contributed by atoms with Gasteiger partial charge in [-0.2, -0.15) is 0 Å². The fourth-order valence-corrected chi connectivity index (χ4v) is 4.55. The standard InChI is InChI=1S/C24H25N7O/c1-29-8-10-30(11-9-29)17-3-4-18-20(13-17)28-23(31-7-6-25-24(18)31)14-22(32)16-2-5-19-21(12-16)27-15-26-19/h2-5,12-15,32H,6-11H2,1H3,(H,26,27). The van der Waals surface area contributed by atoms with E-state index in [1.807, 2.05) is 18.2 Å². The minimum absolute atomic E-state index is 0.165. The summed E-state index contributed by atoms with van der Waals surface area (Å²) in [4.78, 5) is 23.9. The van der Waals surface area contributed by atoms with Gasteiger partial charge >= 0.3 is 0 Å². The molecule has 0 unspecified atom stereocenters. The van der Waals surface area contributed by atoms with E-state index in [4.69, 9.17) is 9.98 Å². The zero-order chi connectivity index (χ0) is 21.7. The molecule has 1 saturated heterocycles. The van der Waals surface area contributed by atoms with Crippen molar-refractivity contribution >= 4 is 39.8 Å². The summed E-state index contributed by atoms with van der Waals surface area (Å²) in [6.45, 7) is 5.62. The zero-order valence-corrected chi connectivity index (χ0v) is 18.0. The number of aliphatic hydroxyl groups is 1. The minimum atomic E-state index is 0.165. The minimum Gasteiger partial charge on any atom is -0.507 e. The van der Waals surface area contributed by atoms with Gasteiger partial charge in [-0.1, -0.05) is 0 Å². The molecular weight excluding hydrogens is 402 g/mol. The van der Waals surface area contributed by atoms with Crippen molar-refractivity contribution in [1.29, 1.82) is 0 Å². The van der Waals surface area contributed by atoms with Gasteiger partial charge in [-0.25, -0.2) is 9.98 Å². The maximum atomic E-state index is 10.9. The van der Waals surface area contributed by atoms with Gasteiger partial charge in [-0.15, -0.1) is 0 Å². The van der Waals surface area contributed by atoms with Crippen molar-refractivity contribution in [3.63, 3.8) is 0 Å². The molecule has 162 valence electrons. The molecule has 2 N–H and O–H groups in total. The number of fused-ring (bicyclic) bond motifs is 4. The number of hydrogen-bond acceptors (Lipinski definition) is 7. The van der Waals surface area contributed by atoms with Crippen LogP contribution in [0.5, 0.6) is 0 Å². The highest BCUT2D eigenvalue weighted by atomic mass is 16.3. The summed E-state index contributed by atoms with van der Waals surface area (Å²) in [5.74, 6) is 1.81. The lowest BCUT2D eigenvalue weighted by molar-refractivity contribution is 0.313. The number of nitrogens with zero attached hydrogens (tertiary/aromatic N) is 6. The molecule has 6 rings (SSSR count). The largest absolute Gasteiger partial charge is 0.507 e. The third-order valence-corrected chi connectivity index (χ3v) is 6.43. The van der Waals surface area contributed by atoms with Crippen molar-refractivity contribution in [2.24, 2.45) is 9.98 Å². The summed E-state index contributed by atoms with van der Waals surface area (Å²) in [6.07, 6.45) is 3.39. The van der Waals surface area contributed by atoms with E-state index in [2.05, 4.69) is 49.9 Å². The van der Waals surface area contributed by atoms with E-state index in [0.717, 1.165) is 67.4 Å². The summed E-state index contributed by atoms with van der Waals surface area (Å²) in [6, 6.07) is 12.1. The predicted octanol–water partition coefficient (Wildman–Crippen LogP) is 3.02. The van der Waals surface area contributed by atoms with Gasteiger partial charge in [0, 0.05) is 55.6 Å². The Hall–Kier alpha value is -3.65.